The van der Waals surface area contributed by atoms with E-state index in [0.29, 0.717) is 24.7 Å². The van der Waals surface area contributed by atoms with E-state index in [1.165, 1.54) is 11.3 Å². The van der Waals surface area contributed by atoms with E-state index in [9.17, 15) is 0 Å². The molecule has 0 unspecified atom stereocenters. The fourth-order valence-corrected chi connectivity index (χ4v) is 2.38. The fraction of sp³-hybridized carbons (Fsp3) is 0.286. The van der Waals surface area contributed by atoms with E-state index in [0.717, 1.165) is 16.3 Å². The summed E-state index contributed by atoms with van der Waals surface area (Å²) in [5, 5.41) is 11.3. The van der Waals surface area contributed by atoms with Gasteiger partial charge in [0.25, 0.3) is 0 Å². The first kappa shape index (κ1) is 13.4. The monoisotopic (exact) mass is 274 g/mol. The highest BCUT2D eigenvalue weighted by atomic mass is 32.1. The van der Waals surface area contributed by atoms with Crippen LogP contribution in [0.1, 0.15) is 19.5 Å². The van der Waals surface area contributed by atoms with Crippen molar-refractivity contribution in [3.8, 4) is 28.1 Å². The van der Waals surface area contributed by atoms with Crippen LogP contribution in [-0.2, 0) is 0 Å². The molecule has 0 N–H and O–H groups in total. The summed E-state index contributed by atoms with van der Waals surface area (Å²) in [7, 11) is 0. The molecule has 98 valence electrons. The van der Waals surface area contributed by atoms with Crippen LogP contribution in [0.25, 0.3) is 10.6 Å². The van der Waals surface area contributed by atoms with Gasteiger partial charge in [-0.1, -0.05) is 0 Å². The molecule has 2 aromatic rings. The van der Waals surface area contributed by atoms with Crippen molar-refractivity contribution < 1.29 is 9.47 Å². The number of thiazole rings is 1. The Morgan fingerprint density at radius 3 is 2.58 bits per heavy atom. The molecule has 0 spiro atoms. The smallest absolute Gasteiger partial charge is 0.161 e. The summed E-state index contributed by atoms with van der Waals surface area (Å²) in [5.74, 6) is 1.43. The maximum absolute atomic E-state index is 8.80. The lowest BCUT2D eigenvalue weighted by Crippen LogP contribution is -1.98. The zero-order chi connectivity index (χ0) is 13.7. The lowest BCUT2D eigenvalue weighted by atomic mass is 10.2. The molecule has 0 amide bonds. The highest BCUT2D eigenvalue weighted by Crippen LogP contribution is 2.33. The van der Waals surface area contributed by atoms with Crippen LogP contribution in [0.4, 0.5) is 0 Å². The van der Waals surface area contributed by atoms with Crippen LogP contribution >= 0.6 is 11.3 Å². The van der Waals surface area contributed by atoms with E-state index in [2.05, 4.69) is 4.98 Å². The summed E-state index contributed by atoms with van der Waals surface area (Å²) < 4.78 is 11.1. The Morgan fingerprint density at radius 2 is 1.95 bits per heavy atom. The van der Waals surface area contributed by atoms with Gasteiger partial charge in [-0.25, -0.2) is 4.98 Å². The highest BCUT2D eigenvalue weighted by Gasteiger charge is 2.10. The van der Waals surface area contributed by atoms with E-state index in [1.807, 2.05) is 38.1 Å². The van der Waals surface area contributed by atoms with Gasteiger partial charge in [0, 0.05) is 10.9 Å². The topological polar surface area (TPSA) is 55.1 Å². The number of nitrogens with zero attached hydrogens (tertiary/aromatic N) is 2. The van der Waals surface area contributed by atoms with E-state index in [-0.39, 0.29) is 0 Å². The van der Waals surface area contributed by atoms with Gasteiger partial charge in [0.2, 0.25) is 0 Å². The Bertz CT molecular complexity index is 602. The molecule has 19 heavy (non-hydrogen) atoms. The maximum atomic E-state index is 8.80. The lowest BCUT2D eigenvalue weighted by Gasteiger charge is -2.11. The standard InChI is InChI=1S/C14H14N2O2S/c1-3-17-12-6-5-10(7-13(12)18-4-2)14-16-11(8-15)9-19-14/h5-7,9H,3-4H2,1-2H3. The molecule has 4 nitrogen and oxygen atoms in total. The first-order valence-corrected chi connectivity index (χ1v) is 6.92. The second kappa shape index (κ2) is 6.21. The Hall–Kier alpha value is -2.06. The molecule has 1 aromatic heterocycles. The zero-order valence-corrected chi connectivity index (χ0v) is 11.7. The molecule has 2 rings (SSSR count). The van der Waals surface area contributed by atoms with Gasteiger partial charge in [-0.2, -0.15) is 5.26 Å². The summed E-state index contributed by atoms with van der Waals surface area (Å²) in [4.78, 5) is 4.24. The molecular weight excluding hydrogens is 260 g/mol. The Balaban J connectivity index is 2.36. The molecule has 0 aliphatic carbocycles. The molecule has 0 saturated carbocycles. The van der Waals surface area contributed by atoms with Crippen molar-refractivity contribution in [2.75, 3.05) is 13.2 Å². The second-order valence-corrected chi connectivity index (χ2v) is 4.54. The number of ether oxygens (including phenoxy) is 2. The van der Waals surface area contributed by atoms with Gasteiger partial charge < -0.3 is 9.47 Å². The van der Waals surface area contributed by atoms with Crippen LogP contribution < -0.4 is 9.47 Å². The predicted molar refractivity (Wildman–Crippen MR) is 74.6 cm³/mol. The number of hydrogen-bond acceptors (Lipinski definition) is 5. The van der Waals surface area contributed by atoms with E-state index >= 15 is 0 Å². The van der Waals surface area contributed by atoms with Crippen LogP contribution in [0.2, 0.25) is 0 Å². The Labute approximate surface area is 116 Å². The lowest BCUT2D eigenvalue weighted by molar-refractivity contribution is 0.288. The maximum Gasteiger partial charge on any atom is 0.161 e. The minimum absolute atomic E-state index is 0.437. The minimum Gasteiger partial charge on any atom is -0.490 e. The summed E-state index contributed by atoms with van der Waals surface area (Å²) in [6, 6.07) is 7.73. The van der Waals surface area contributed by atoms with Crippen molar-refractivity contribution in [3.05, 3.63) is 29.3 Å². The van der Waals surface area contributed by atoms with Crippen molar-refractivity contribution in [3.63, 3.8) is 0 Å². The summed E-state index contributed by atoms with van der Waals surface area (Å²) in [6.45, 7) is 5.03. The minimum atomic E-state index is 0.437. The van der Waals surface area contributed by atoms with Gasteiger partial charge in [0.15, 0.2) is 17.2 Å². The van der Waals surface area contributed by atoms with Crippen molar-refractivity contribution >= 4 is 11.3 Å². The Morgan fingerprint density at radius 1 is 1.21 bits per heavy atom. The first-order chi connectivity index (χ1) is 9.28. The molecule has 0 saturated heterocycles. The highest BCUT2D eigenvalue weighted by molar-refractivity contribution is 7.13. The molecule has 0 atom stereocenters. The van der Waals surface area contributed by atoms with Gasteiger partial charge in [-0.3, -0.25) is 0 Å². The van der Waals surface area contributed by atoms with Crippen molar-refractivity contribution in [2.45, 2.75) is 13.8 Å². The van der Waals surface area contributed by atoms with Crippen LogP contribution in [0.15, 0.2) is 23.6 Å². The summed E-state index contributed by atoms with van der Waals surface area (Å²) in [6.07, 6.45) is 0. The molecule has 1 heterocycles. The Kier molecular flexibility index (Phi) is 4.37. The molecule has 0 radical (unpaired) electrons. The number of rotatable bonds is 5. The third-order valence-corrected chi connectivity index (χ3v) is 3.30. The fourth-order valence-electron chi connectivity index (χ4n) is 1.64. The third-order valence-electron chi connectivity index (χ3n) is 2.41. The van der Waals surface area contributed by atoms with Crippen molar-refractivity contribution in [2.24, 2.45) is 0 Å². The van der Waals surface area contributed by atoms with Crippen LogP contribution in [0.5, 0.6) is 11.5 Å². The molecule has 0 bridgehead atoms. The first-order valence-electron chi connectivity index (χ1n) is 6.04. The molecule has 0 aliphatic heterocycles. The number of nitriles is 1. The molecule has 1 aromatic carbocycles. The third kappa shape index (κ3) is 3.04. The normalized spacial score (nSPS) is 9.95. The average molecular weight is 274 g/mol. The van der Waals surface area contributed by atoms with Gasteiger partial charge >= 0.3 is 0 Å². The quantitative estimate of drug-likeness (QED) is 0.837. The van der Waals surface area contributed by atoms with Crippen molar-refractivity contribution in [1.82, 2.24) is 4.98 Å². The number of benzene rings is 1. The summed E-state index contributed by atoms with van der Waals surface area (Å²) in [5.41, 5.74) is 1.37. The van der Waals surface area contributed by atoms with Crippen LogP contribution in [0, 0.1) is 11.3 Å². The SMILES string of the molecule is CCOc1ccc(-c2nc(C#N)cs2)cc1OCC. The van der Waals surface area contributed by atoms with Crippen molar-refractivity contribution in [1.29, 1.82) is 5.26 Å². The average Bonchev–Trinajstić information content (AvgIpc) is 2.90. The second-order valence-electron chi connectivity index (χ2n) is 3.68. The molecule has 0 aliphatic rings. The largest absolute Gasteiger partial charge is 0.490 e. The van der Waals surface area contributed by atoms with E-state index in [4.69, 9.17) is 14.7 Å². The van der Waals surface area contributed by atoms with Crippen LogP contribution in [0.3, 0.4) is 0 Å². The zero-order valence-electron chi connectivity index (χ0n) is 10.8. The summed E-state index contributed by atoms with van der Waals surface area (Å²) >= 11 is 1.44. The van der Waals surface area contributed by atoms with Gasteiger partial charge in [0.05, 0.1) is 13.2 Å². The molecule has 5 heteroatoms. The van der Waals surface area contributed by atoms with Gasteiger partial charge in [0.1, 0.15) is 11.1 Å². The number of aromatic nitrogens is 1. The van der Waals surface area contributed by atoms with E-state index < -0.39 is 0 Å². The van der Waals surface area contributed by atoms with E-state index in [1.54, 1.807) is 5.38 Å². The predicted octanol–water partition coefficient (Wildman–Crippen LogP) is 3.48. The van der Waals surface area contributed by atoms with Gasteiger partial charge in [-0.15, -0.1) is 11.3 Å². The molecule has 0 fully saturated rings. The van der Waals surface area contributed by atoms with Gasteiger partial charge in [-0.05, 0) is 32.0 Å². The number of hydrogen-bond donors (Lipinski definition) is 0. The molecular formula is C14H14N2O2S. The van der Waals surface area contributed by atoms with Crippen LogP contribution in [-0.4, -0.2) is 18.2 Å².